The van der Waals surface area contributed by atoms with Crippen LogP contribution in [0.25, 0.3) is 0 Å². The summed E-state index contributed by atoms with van der Waals surface area (Å²) in [4.78, 5) is 13.0. The Balaban J connectivity index is 4.20. The van der Waals surface area contributed by atoms with Crippen LogP contribution in [-0.4, -0.2) is 48.2 Å². The number of likely N-dealkylation sites (N-methyl/N-ethyl adjacent to an activating group) is 2. The molecule has 0 heterocycles. The number of nitrogens with zero attached hydrogens (tertiary/aromatic N) is 1. The average Bonchev–Trinajstić information content (AvgIpc) is 2.18. The van der Waals surface area contributed by atoms with E-state index in [9.17, 15) is 4.79 Å². The van der Waals surface area contributed by atoms with E-state index < -0.39 is 12.0 Å². The first kappa shape index (κ1) is 13.4. The Morgan fingerprint density at radius 2 is 2.07 bits per heavy atom. The molecule has 84 valence electrons. The monoisotopic (exact) mass is 202 g/mol. The smallest absolute Gasteiger partial charge is 0.322 e. The van der Waals surface area contributed by atoms with Crippen molar-refractivity contribution in [2.45, 2.75) is 39.3 Å². The van der Waals surface area contributed by atoms with Crippen molar-refractivity contribution in [1.29, 1.82) is 0 Å². The number of carbonyl (C=O) groups is 1. The number of hydrogen-bond donors (Lipinski definition) is 2. The maximum Gasteiger partial charge on any atom is 0.322 e. The third-order valence-electron chi connectivity index (χ3n) is 2.68. The molecule has 2 N–H and O–H groups in total. The van der Waals surface area contributed by atoms with Crippen molar-refractivity contribution < 1.29 is 9.90 Å². The van der Waals surface area contributed by atoms with Gasteiger partial charge in [0.15, 0.2) is 0 Å². The summed E-state index contributed by atoms with van der Waals surface area (Å²) in [7, 11) is 1.68. The highest BCUT2D eigenvalue weighted by molar-refractivity contribution is 5.73. The Labute approximate surface area is 86.3 Å². The molecule has 4 heteroatoms. The Morgan fingerprint density at radius 3 is 2.36 bits per heavy atom. The van der Waals surface area contributed by atoms with E-state index in [1.807, 2.05) is 0 Å². The molecule has 0 aliphatic rings. The lowest BCUT2D eigenvalue weighted by molar-refractivity contribution is -0.140. The molecule has 2 unspecified atom stereocenters. The van der Waals surface area contributed by atoms with E-state index >= 15 is 0 Å². The summed E-state index contributed by atoms with van der Waals surface area (Å²) in [6.07, 6.45) is 1.05. The first-order chi connectivity index (χ1) is 6.56. The fourth-order valence-electron chi connectivity index (χ4n) is 1.41. The van der Waals surface area contributed by atoms with Crippen LogP contribution in [-0.2, 0) is 4.79 Å². The summed E-state index contributed by atoms with van der Waals surface area (Å²) >= 11 is 0. The summed E-state index contributed by atoms with van der Waals surface area (Å²) < 4.78 is 0. The lowest BCUT2D eigenvalue weighted by atomic mass is 10.2. The van der Waals surface area contributed by atoms with Crippen LogP contribution in [0.4, 0.5) is 0 Å². The molecule has 0 fully saturated rings. The van der Waals surface area contributed by atoms with Crippen LogP contribution in [0.1, 0.15) is 27.2 Å². The van der Waals surface area contributed by atoms with E-state index in [0.717, 1.165) is 13.0 Å². The zero-order valence-corrected chi connectivity index (χ0v) is 9.58. The Kier molecular flexibility index (Phi) is 6.49. The normalized spacial score (nSPS) is 15.5. The van der Waals surface area contributed by atoms with Gasteiger partial charge in [0.05, 0.1) is 0 Å². The Morgan fingerprint density at radius 1 is 1.50 bits per heavy atom. The van der Waals surface area contributed by atoms with Crippen molar-refractivity contribution in [1.82, 2.24) is 10.2 Å². The van der Waals surface area contributed by atoms with Crippen LogP contribution in [0.2, 0.25) is 0 Å². The SMILES string of the molecule is CCC(C)N(CC)CC(NC)C(=O)O. The van der Waals surface area contributed by atoms with Crippen molar-refractivity contribution in [3.05, 3.63) is 0 Å². The predicted octanol–water partition coefficient (Wildman–Crippen LogP) is 0.779. The zero-order chi connectivity index (χ0) is 11.1. The third-order valence-corrected chi connectivity index (χ3v) is 2.68. The van der Waals surface area contributed by atoms with E-state index in [0.29, 0.717) is 12.6 Å². The number of aliphatic carboxylic acids is 1. The van der Waals surface area contributed by atoms with Gasteiger partial charge in [-0.25, -0.2) is 0 Å². The van der Waals surface area contributed by atoms with Gasteiger partial charge < -0.3 is 10.4 Å². The summed E-state index contributed by atoms with van der Waals surface area (Å²) in [5, 5.41) is 11.7. The minimum absolute atomic E-state index is 0.440. The highest BCUT2D eigenvalue weighted by Gasteiger charge is 2.20. The van der Waals surface area contributed by atoms with Gasteiger partial charge in [-0.2, -0.15) is 0 Å². The van der Waals surface area contributed by atoms with Gasteiger partial charge >= 0.3 is 5.97 Å². The van der Waals surface area contributed by atoms with Gasteiger partial charge in [0.1, 0.15) is 6.04 Å². The fraction of sp³-hybridized carbons (Fsp3) is 0.900. The molecule has 0 rings (SSSR count). The van der Waals surface area contributed by atoms with Gasteiger partial charge in [-0.15, -0.1) is 0 Å². The molecule has 0 aromatic carbocycles. The maximum absolute atomic E-state index is 10.8. The fourth-order valence-corrected chi connectivity index (χ4v) is 1.41. The van der Waals surface area contributed by atoms with Gasteiger partial charge in [0, 0.05) is 12.6 Å². The second-order valence-electron chi connectivity index (χ2n) is 3.52. The summed E-state index contributed by atoms with van der Waals surface area (Å²) in [6.45, 7) is 7.75. The minimum Gasteiger partial charge on any atom is -0.480 e. The van der Waals surface area contributed by atoms with Gasteiger partial charge in [0.2, 0.25) is 0 Å². The molecule has 0 saturated carbocycles. The van der Waals surface area contributed by atoms with Crippen LogP contribution in [0.5, 0.6) is 0 Å². The van der Waals surface area contributed by atoms with Crippen molar-refractivity contribution in [2.24, 2.45) is 0 Å². The van der Waals surface area contributed by atoms with Crippen molar-refractivity contribution >= 4 is 5.97 Å². The van der Waals surface area contributed by atoms with Crippen LogP contribution in [0.3, 0.4) is 0 Å². The molecule has 0 amide bonds. The van der Waals surface area contributed by atoms with Crippen molar-refractivity contribution in [2.75, 3.05) is 20.1 Å². The molecule has 2 atom stereocenters. The van der Waals surface area contributed by atoms with E-state index in [1.54, 1.807) is 7.05 Å². The summed E-state index contributed by atoms with van der Waals surface area (Å²) in [5.41, 5.74) is 0. The average molecular weight is 202 g/mol. The van der Waals surface area contributed by atoms with E-state index in [4.69, 9.17) is 5.11 Å². The largest absolute Gasteiger partial charge is 0.480 e. The molecule has 0 aliphatic carbocycles. The predicted molar refractivity (Wildman–Crippen MR) is 57.5 cm³/mol. The molecule has 0 aromatic heterocycles. The Hall–Kier alpha value is -0.610. The molecule has 0 spiro atoms. The van der Waals surface area contributed by atoms with Crippen LogP contribution < -0.4 is 5.32 Å². The lowest BCUT2D eigenvalue weighted by Gasteiger charge is -2.29. The topological polar surface area (TPSA) is 52.6 Å². The van der Waals surface area contributed by atoms with E-state index in [-0.39, 0.29) is 0 Å². The van der Waals surface area contributed by atoms with Gasteiger partial charge in [-0.05, 0) is 26.9 Å². The van der Waals surface area contributed by atoms with Gasteiger partial charge in [0.25, 0.3) is 0 Å². The lowest BCUT2D eigenvalue weighted by Crippen LogP contribution is -2.47. The zero-order valence-electron chi connectivity index (χ0n) is 9.58. The van der Waals surface area contributed by atoms with Crippen LogP contribution in [0.15, 0.2) is 0 Å². The molecular formula is C10H22N2O2. The maximum atomic E-state index is 10.8. The number of carboxylic acids is 1. The molecule has 0 saturated heterocycles. The molecule has 0 aromatic rings. The van der Waals surface area contributed by atoms with Crippen molar-refractivity contribution in [3.8, 4) is 0 Å². The number of rotatable bonds is 7. The molecule has 0 aliphatic heterocycles. The number of hydrogen-bond acceptors (Lipinski definition) is 3. The minimum atomic E-state index is -0.783. The molecule has 0 bridgehead atoms. The molecule has 0 radical (unpaired) electrons. The summed E-state index contributed by atoms with van der Waals surface area (Å²) in [6, 6.07) is -0.0286. The number of nitrogens with one attached hydrogen (secondary N) is 1. The van der Waals surface area contributed by atoms with Crippen LogP contribution in [0, 0.1) is 0 Å². The van der Waals surface area contributed by atoms with Gasteiger partial charge in [-0.3, -0.25) is 9.69 Å². The molecule has 14 heavy (non-hydrogen) atoms. The number of carboxylic acid groups (broad SMARTS) is 1. The second kappa shape index (κ2) is 6.79. The second-order valence-corrected chi connectivity index (χ2v) is 3.52. The highest BCUT2D eigenvalue weighted by Crippen LogP contribution is 2.04. The van der Waals surface area contributed by atoms with E-state index in [1.165, 1.54) is 0 Å². The van der Waals surface area contributed by atoms with Gasteiger partial charge in [-0.1, -0.05) is 13.8 Å². The quantitative estimate of drug-likeness (QED) is 0.640. The first-order valence-electron chi connectivity index (χ1n) is 5.20. The standard InChI is InChI=1S/C10H22N2O2/c1-5-8(3)12(6-2)7-9(11-4)10(13)14/h8-9,11H,5-7H2,1-4H3,(H,13,14). The van der Waals surface area contributed by atoms with Crippen LogP contribution >= 0.6 is 0 Å². The van der Waals surface area contributed by atoms with Crippen molar-refractivity contribution in [3.63, 3.8) is 0 Å². The molecular weight excluding hydrogens is 180 g/mol. The van der Waals surface area contributed by atoms with E-state index in [2.05, 4.69) is 31.0 Å². The Bertz CT molecular complexity index is 174. The first-order valence-corrected chi connectivity index (χ1v) is 5.20. The summed E-state index contributed by atoms with van der Waals surface area (Å²) in [5.74, 6) is -0.783. The third kappa shape index (κ3) is 4.07. The highest BCUT2D eigenvalue weighted by atomic mass is 16.4. The molecule has 4 nitrogen and oxygen atoms in total.